The minimum absolute atomic E-state index is 0.164. The molecule has 1 heterocycles. The predicted molar refractivity (Wildman–Crippen MR) is 67.3 cm³/mol. The van der Waals surface area contributed by atoms with Crippen LogP contribution in [0.25, 0.3) is 5.69 Å². The van der Waals surface area contributed by atoms with Crippen molar-refractivity contribution < 1.29 is 13.5 Å². The number of benzene rings is 1. The van der Waals surface area contributed by atoms with Crippen molar-refractivity contribution >= 4 is 22.6 Å². The van der Waals surface area contributed by atoms with Crippen LogP contribution < -0.4 is 0 Å². The van der Waals surface area contributed by atoms with E-state index in [1.807, 2.05) is 30.3 Å². The molecule has 0 aliphatic carbocycles. The Morgan fingerprint density at radius 3 is 2.65 bits per heavy atom. The van der Waals surface area contributed by atoms with E-state index in [0.717, 1.165) is 28.3 Å². The van der Waals surface area contributed by atoms with E-state index < -0.39 is 4.12 Å². The normalized spacial score (nSPS) is 11.7. The maximum absolute atomic E-state index is 12.5. The number of aromatic nitrogens is 2. The summed E-state index contributed by atoms with van der Waals surface area (Å²) in [6.07, 6.45) is 3.17. The molecule has 0 bridgehead atoms. The smallest absolute Gasteiger partial charge is 0.307 e. The van der Waals surface area contributed by atoms with Crippen molar-refractivity contribution in [2.24, 2.45) is 0 Å². The van der Waals surface area contributed by atoms with E-state index in [2.05, 4.69) is 9.84 Å². The van der Waals surface area contributed by atoms with Crippen molar-refractivity contribution in [2.75, 3.05) is 0 Å². The molecule has 0 aliphatic heterocycles. The molecular weight excluding hydrogens is 341 g/mol. The molecule has 90 valence electrons. The molecule has 6 heteroatoms. The molecule has 2 aromatic rings. The number of ether oxygens (including phenoxy) is 1. The van der Waals surface area contributed by atoms with E-state index >= 15 is 0 Å². The Bertz CT molecular complexity index is 482. The lowest BCUT2D eigenvalue weighted by Crippen LogP contribution is -2.10. The summed E-state index contributed by atoms with van der Waals surface area (Å²) in [6.45, 7) is -0.164. The van der Waals surface area contributed by atoms with Gasteiger partial charge in [-0.15, -0.1) is 0 Å². The van der Waals surface area contributed by atoms with Gasteiger partial charge in [-0.2, -0.15) is 13.9 Å². The van der Waals surface area contributed by atoms with Crippen molar-refractivity contribution in [1.29, 1.82) is 0 Å². The highest BCUT2D eigenvalue weighted by atomic mass is 127. The molecule has 0 radical (unpaired) electrons. The Kier molecular flexibility index (Phi) is 3.72. The first-order chi connectivity index (χ1) is 8.04. The maximum Gasteiger partial charge on any atom is 0.408 e. The van der Waals surface area contributed by atoms with Crippen LogP contribution in [-0.2, 0) is 11.3 Å². The molecule has 0 unspecified atom stereocenters. The lowest BCUT2D eigenvalue weighted by atomic mass is 10.3. The second kappa shape index (κ2) is 5.09. The van der Waals surface area contributed by atoms with Gasteiger partial charge in [-0.3, -0.25) is 0 Å². The molecule has 2 rings (SSSR count). The number of hydrogen-bond acceptors (Lipinski definition) is 2. The maximum atomic E-state index is 12.5. The molecule has 0 aliphatic rings. The van der Waals surface area contributed by atoms with Crippen molar-refractivity contribution in [1.82, 2.24) is 9.78 Å². The van der Waals surface area contributed by atoms with E-state index in [0.29, 0.717) is 5.56 Å². The number of rotatable bonds is 4. The Hall–Kier alpha value is -1.02. The molecule has 1 aromatic heterocycles. The first-order valence-corrected chi connectivity index (χ1v) is 5.92. The Balaban J connectivity index is 2.07. The Morgan fingerprint density at radius 2 is 2.00 bits per heavy atom. The van der Waals surface area contributed by atoms with Crippen molar-refractivity contribution in [3.63, 3.8) is 0 Å². The van der Waals surface area contributed by atoms with E-state index in [-0.39, 0.29) is 6.61 Å². The topological polar surface area (TPSA) is 27.1 Å². The first kappa shape index (κ1) is 12.4. The molecule has 0 amide bonds. The quantitative estimate of drug-likeness (QED) is 0.625. The van der Waals surface area contributed by atoms with Crippen LogP contribution in [0, 0.1) is 0 Å². The number of alkyl halides is 3. The molecule has 0 spiro atoms. The third-order valence-electron chi connectivity index (χ3n) is 2.06. The van der Waals surface area contributed by atoms with Gasteiger partial charge in [0.05, 0.1) is 18.5 Å². The van der Waals surface area contributed by atoms with E-state index in [9.17, 15) is 8.78 Å². The van der Waals surface area contributed by atoms with Crippen molar-refractivity contribution in [3.05, 3.63) is 48.3 Å². The summed E-state index contributed by atoms with van der Waals surface area (Å²) in [6, 6.07) is 9.42. The van der Waals surface area contributed by atoms with E-state index in [4.69, 9.17) is 0 Å². The minimum Gasteiger partial charge on any atom is -0.307 e. The van der Waals surface area contributed by atoms with Gasteiger partial charge in [0, 0.05) is 34.4 Å². The van der Waals surface area contributed by atoms with Crippen LogP contribution in [0.1, 0.15) is 5.56 Å². The lowest BCUT2D eigenvalue weighted by molar-refractivity contribution is -0.154. The fourth-order valence-electron chi connectivity index (χ4n) is 1.32. The van der Waals surface area contributed by atoms with Crippen LogP contribution in [0.5, 0.6) is 0 Å². The molecule has 0 atom stereocenters. The van der Waals surface area contributed by atoms with Gasteiger partial charge >= 0.3 is 4.12 Å². The van der Waals surface area contributed by atoms with Gasteiger partial charge in [-0.1, -0.05) is 18.2 Å². The van der Waals surface area contributed by atoms with Crippen LogP contribution in [-0.4, -0.2) is 13.9 Å². The van der Waals surface area contributed by atoms with E-state index in [1.165, 1.54) is 6.20 Å². The highest BCUT2D eigenvalue weighted by Gasteiger charge is 2.24. The highest BCUT2D eigenvalue weighted by molar-refractivity contribution is 14.1. The van der Waals surface area contributed by atoms with Crippen LogP contribution >= 0.6 is 22.6 Å². The molecule has 0 saturated heterocycles. The summed E-state index contributed by atoms with van der Waals surface area (Å²) in [5, 5.41) is 4.08. The lowest BCUT2D eigenvalue weighted by Gasteiger charge is -2.07. The number of para-hydroxylation sites is 1. The zero-order valence-corrected chi connectivity index (χ0v) is 10.8. The first-order valence-electron chi connectivity index (χ1n) is 4.84. The number of halogens is 3. The van der Waals surface area contributed by atoms with Crippen LogP contribution in [0.15, 0.2) is 42.7 Å². The second-order valence-electron chi connectivity index (χ2n) is 3.36. The third kappa shape index (κ3) is 3.74. The Labute approximate surface area is 111 Å². The molecule has 0 N–H and O–H groups in total. The minimum atomic E-state index is -3.15. The van der Waals surface area contributed by atoms with Crippen molar-refractivity contribution in [3.8, 4) is 5.69 Å². The standard InChI is InChI=1S/C11H9F2IN2O/c12-11(13,14)17-8-9-6-15-16(7-9)10-4-2-1-3-5-10/h1-7H,8H2. The molecular formula is C11H9F2IN2O. The molecule has 0 saturated carbocycles. The molecule has 17 heavy (non-hydrogen) atoms. The van der Waals surface area contributed by atoms with Gasteiger partial charge in [0.2, 0.25) is 0 Å². The molecule has 1 aromatic carbocycles. The number of nitrogens with zero attached hydrogens (tertiary/aromatic N) is 2. The summed E-state index contributed by atoms with van der Waals surface area (Å²) >= 11 is 0.939. The molecule has 3 nitrogen and oxygen atoms in total. The van der Waals surface area contributed by atoms with Crippen molar-refractivity contribution in [2.45, 2.75) is 10.7 Å². The van der Waals surface area contributed by atoms with Gasteiger partial charge < -0.3 is 4.74 Å². The van der Waals surface area contributed by atoms with Gasteiger partial charge in [0.25, 0.3) is 0 Å². The SMILES string of the molecule is FC(F)(I)OCc1cnn(-c2ccccc2)c1. The third-order valence-corrected chi connectivity index (χ3v) is 2.37. The predicted octanol–water partition coefficient (Wildman–Crippen LogP) is 3.37. The zero-order valence-electron chi connectivity index (χ0n) is 8.69. The summed E-state index contributed by atoms with van der Waals surface area (Å²) in [5.74, 6) is 0. The summed E-state index contributed by atoms with van der Waals surface area (Å²) < 4.78 is 27.8. The van der Waals surface area contributed by atoms with Crippen LogP contribution in [0.4, 0.5) is 8.78 Å². The Morgan fingerprint density at radius 1 is 1.29 bits per heavy atom. The van der Waals surface area contributed by atoms with Gasteiger partial charge in [0.15, 0.2) is 0 Å². The summed E-state index contributed by atoms with van der Waals surface area (Å²) in [4.78, 5) is 0. The van der Waals surface area contributed by atoms with Crippen LogP contribution in [0.3, 0.4) is 0 Å². The average Bonchev–Trinajstić information content (AvgIpc) is 2.75. The highest BCUT2D eigenvalue weighted by Crippen LogP contribution is 2.25. The largest absolute Gasteiger partial charge is 0.408 e. The van der Waals surface area contributed by atoms with E-state index in [1.54, 1.807) is 10.9 Å². The second-order valence-corrected chi connectivity index (χ2v) is 4.62. The monoisotopic (exact) mass is 350 g/mol. The fourth-order valence-corrected chi connectivity index (χ4v) is 1.48. The summed E-state index contributed by atoms with van der Waals surface area (Å²) in [5.41, 5.74) is 1.48. The van der Waals surface area contributed by atoms with Gasteiger partial charge in [-0.05, 0) is 12.1 Å². The van der Waals surface area contributed by atoms with Gasteiger partial charge in [-0.25, -0.2) is 4.68 Å². The van der Waals surface area contributed by atoms with Gasteiger partial charge in [0.1, 0.15) is 0 Å². The number of hydrogen-bond donors (Lipinski definition) is 0. The van der Waals surface area contributed by atoms with Crippen LogP contribution in [0.2, 0.25) is 0 Å². The zero-order chi connectivity index (χ0) is 12.3. The summed E-state index contributed by atoms with van der Waals surface area (Å²) in [7, 11) is 0. The molecule has 0 fully saturated rings. The fraction of sp³-hybridized carbons (Fsp3) is 0.182. The average molecular weight is 350 g/mol.